The highest BCUT2D eigenvalue weighted by molar-refractivity contribution is 5.94. The number of para-hydroxylation sites is 1. The van der Waals surface area contributed by atoms with Crippen LogP contribution in [0.4, 0.5) is 16.2 Å². The van der Waals surface area contributed by atoms with E-state index >= 15 is 0 Å². The summed E-state index contributed by atoms with van der Waals surface area (Å²) < 4.78 is 0. The number of likely N-dealkylation sites (N-methyl/N-ethyl adjacent to an activating group) is 1. The highest BCUT2D eigenvalue weighted by Crippen LogP contribution is 2.39. The van der Waals surface area contributed by atoms with Crippen LogP contribution in [0.15, 0.2) is 72.8 Å². The maximum atomic E-state index is 13.1. The fourth-order valence-electron chi connectivity index (χ4n) is 7.53. The summed E-state index contributed by atoms with van der Waals surface area (Å²) in [6.45, 7) is 6.94. The van der Waals surface area contributed by atoms with E-state index in [4.69, 9.17) is 0 Å². The number of carbonyl (C=O) groups is 3. The first-order valence-corrected chi connectivity index (χ1v) is 18.6. The van der Waals surface area contributed by atoms with Crippen molar-refractivity contribution in [2.24, 2.45) is 5.92 Å². The second kappa shape index (κ2) is 18.7. The molecule has 0 aliphatic carbocycles. The minimum absolute atomic E-state index is 0.0577. The van der Waals surface area contributed by atoms with Crippen molar-refractivity contribution in [1.29, 1.82) is 0 Å². The molecular formula is C41H56N6O4. The molecule has 0 saturated carbocycles. The van der Waals surface area contributed by atoms with Gasteiger partial charge in [0.05, 0.1) is 5.69 Å². The number of hydrogen-bond donors (Lipinski definition) is 3. The van der Waals surface area contributed by atoms with Gasteiger partial charge in [0.2, 0.25) is 5.91 Å². The number of nitrogens with zero attached hydrogens (tertiary/aromatic N) is 4. The van der Waals surface area contributed by atoms with Crippen LogP contribution in [0.5, 0.6) is 0 Å². The summed E-state index contributed by atoms with van der Waals surface area (Å²) in [6.07, 6.45) is 5.41. The number of carboxylic acid groups (broad SMARTS) is 1. The van der Waals surface area contributed by atoms with Crippen molar-refractivity contribution < 1.29 is 19.5 Å². The van der Waals surface area contributed by atoms with Crippen LogP contribution in [0.2, 0.25) is 0 Å². The van der Waals surface area contributed by atoms with Crippen LogP contribution >= 0.6 is 0 Å². The molecule has 2 aliphatic rings. The van der Waals surface area contributed by atoms with Crippen molar-refractivity contribution in [1.82, 2.24) is 20.0 Å². The Kier molecular flexibility index (Phi) is 13.9. The number of benzene rings is 3. The highest BCUT2D eigenvalue weighted by Gasteiger charge is 2.26. The summed E-state index contributed by atoms with van der Waals surface area (Å²) >= 11 is 0. The molecule has 3 aromatic rings. The number of hydrogen-bond acceptors (Lipinski definition) is 6. The van der Waals surface area contributed by atoms with Gasteiger partial charge in [-0.1, -0.05) is 48.5 Å². The van der Waals surface area contributed by atoms with E-state index in [0.717, 1.165) is 112 Å². The van der Waals surface area contributed by atoms with Crippen LogP contribution in [0.25, 0.3) is 11.1 Å². The van der Waals surface area contributed by atoms with Crippen molar-refractivity contribution in [3.05, 3.63) is 83.9 Å². The molecule has 0 bridgehead atoms. The van der Waals surface area contributed by atoms with Gasteiger partial charge in [-0.25, -0.2) is 4.79 Å². The molecule has 0 radical (unpaired) electrons. The summed E-state index contributed by atoms with van der Waals surface area (Å²) in [4.78, 5) is 46.1. The Labute approximate surface area is 303 Å². The van der Waals surface area contributed by atoms with Crippen LogP contribution in [0, 0.1) is 5.92 Å². The molecule has 3 amide bonds. The smallest absolute Gasteiger partial charge is 0.409 e. The molecule has 0 aromatic heterocycles. The Morgan fingerprint density at radius 2 is 1.53 bits per heavy atom. The zero-order chi connectivity index (χ0) is 36.2. The number of piperidine rings is 2. The molecule has 0 atom stereocenters. The average Bonchev–Trinajstić information content (AvgIpc) is 3.16. The Morgan fingerprint density at radius 3 is 2.20 bits per heavy atom. The van der Waals surface area contributed by atoms with Gasteiger partial charge in [-0.2, -0.15) is 0 Å². The Balaban J connectivity index is 1.01. The Hall–Kier alpha value is -4.41. The maximum absolute atomic E-state index is 13.1. The molecule has 2 heterocycles. The SMILES string of the molecule is CNCCCN(C)C(=O)c1ccc(N2CCC(CCC(=O)N(C)CCN3CCC(c4cccc(-c5ccccc5)c4NC(=O)O)CC3)CC2)cc1. The van der Waals surface area contributed by atoms with E-state index < -0.39 is 6.09 Å². The summed E-state index contributed by atoms with van der Waals surface area (Å²) in [5.74, 6) is 1.09. The molecule has 2 fully saturated rings. The lowest BCUT2D eigenvalue weighted by atomic mass is 9.86. The van der Waals surface area contributed by atoms with E-state index in [1.54, 1.807) is 4.90 Å². The first kappa shape index (κ1) is 37.8. The number of carbonyl (C=O) groups excluding carboxylic acids is 2. The van der Waals surface area contributed by atoms with Crippen molar-refractivity contribution in [3.63, 3.8) is 0 Å². The molecule has 3 aromatic carbocycles. The standard InChI is InChI=1S/C41H56N6O4/c1-42-23-8-24-45(3)40(49)34-14-16-35(17-15-34)47-27-19-31(20-28-47)13-18-38(48)44(2)29-30-46-25-21-33(22-26-46)37-12-7-11-36(39(37)43-41(50)51)32-9-5-4-6-10-32/h4-7,9-12,14-17,31,33,42-43H,8,13,18-30H2,1-3H3,(H,50,51). The fraction of sp³-hybridized carbons (Fsp3) is 0.488. The van der Waals surface area contributed by atoms with Gasteiger partial charge in [-0.3, -0.25) is 14.9 Å². The van der Waals surface area contributed by atoms with Gasteiger partial charge in [0, 0.05) is 70.1 Å². The third-order valence-corrected chi connectivity index (χ3v) is 10.7. The third kappa shape index (κ3) is 10.6. The van der Waals surface area contributed by atoms with Crippen LogP contribution in [0.1, 0.15) is 66.8 Å². The van der Waals surface area contributed by atoms with Crippen molar-refractivity contribution in [2.75, 3.05) is 83.7 Å². The highest BCUT2D eigenvalue weighted by atomic mass is 16.4. The van der Waals surface area contributed by atoms with Crippen LogP contribution in [-0.2, 0) is 4.79 Å². The van der Waals surface area contributed by atoms with Crippen molar-refractivity contribution >= 4 is 29.3 Å². The first-order chi connectivity index (χ1) is 24.7. The van der Waals surface area contributed by atoms with Crippen LogP contribution in [-0.4, -0.2) is 111 Å². The second-order valence-electron chi connectivity index (χ2n) is 14.2. The molecule has 2 aliphatic heterocycles. The molecule has 10 heteroatoms. The molecule has 0 unspecified atom stereocenters. The van der Waals surface area contributed by atoms with E-state index in [1.165, 1.54) is 0 Å². The molecular weight excluding hydrogens is 640 g/mol. The molecule has 3 N–H and O–H groups in total. The quantitative estimate of drug-likeness (QED) is 0.157. The number of nitrogens with one attached hydrogen (secondary N) is 2. The van der Waals surface area contributed by atoms with Gasteiger partial charge in [0.25, 0.3) is 5.91 Å². The lowest BCUT2D eigenvalue weighted by Gasteiger charge is -2.35. The van der Waals surface area contributed by atoms with Gasteiger partial charge < -0.3 is 30.0 Å². The lowest BCUT2D eigenvalue weighted by Crippen LogP contribution is -2.40. The summed E-state index contributed by atoms with van der Waals surface area (Å²) in [7, 11) is 5.70. The minimum Gasteiger partial charge on any atom is -0.465 e. The molecule has 0 spiro atoms. The summed E-state index contributed by atoms with van der Waals surface area (Å²) in [5.41, 5.74) is 5.52. The Morgan fingerprint density at radius 1 is 0.824 bits per heavy atom. The fourth-order valence-corrected chi connectivity index (χ4v) is 7.53. The zero-order valence-corrected chi connectivity index (χ0v) is 30.7. The number of anilines is 2. The minimum atomic E-state index is -1.05. The molecule has 10 nitrogen and oxygen atoms in total. The van der Waals surface area contributed by atoms with E-state index in [0.29, 0.717) is 24.6 Å². The predicted molar refractivity (Wildman–Crippen MR) is 206 cm³/mol. The van der Waals surface area contributed by atoms with Gasteiger partial charge in [0.1, 0.15) is 0 Å². The van der Waals surface area contributed by atoms with Crippen LogP contribution in [0.3, 0.4) is 0 Å². The van der Waals surface area contributed by atoms with E-state index in [9.17, 15) is 19.5 Å². The molecule has 51 heavy (non-hydrogen) atoms. The van der Waals surface area contributed by atoms with E-state index in [2.05, 4.69) is 38.6 Å². The number of likely N-dealkylation sites (tertiary alicyclic amines) is 1. The van der Waals surface area contributed by atoms with Crippen molar-refractivity contribution in [3.8, 4) is 11.1 Å². The van der Waals surface area contributed by atoms with Gasteiger partial charge in [-0.05, 0) is 112 Å². The Bertz CT molecular complexity index is 1570. The van der Waals surface area contributed by atoms with Gasteiger partial charge in [0.15, 0.2) is 0 Å². The molecule has 5 rings (SSSR count). The summed E-state index contributed by atoms with van der Waals surface area (Å²) in [5, 5.41) is 15.5. The van der Waals surface area contributed by atoms with Crippen molar-refractivity contribution in [2.45, 2.75) is 50.9 Å². The van der Waals surface area contributed by atoms with E-state index in [-0.39, 0.29) is 17.7 Å². The van der Waals surface area contributed by atoms with Gasteiger partial charge in [-0.15, -0.1) is 0 Å². The maximum Gasteiger partial charge on any atom is 0.409 e. The zero-order valence-electron chi connectivity index (χ0n) is 30.7. The van der Waals surface area contributed by atoms with Crippen LogP contribution < -0.4 is 15.5 Å². The lowest BCUT2D eigenvalue weighted by molar-refractivity contribution is -0.130. The molecule has 274 valence electrons. The van der Waals surface area contributed by atoms with Gasteiger partial charge >= 0.3 is 6.09 Å². The second-order valence-corrected chi connectivity index (χ2v) is 14.2. The number of rotatable bonds is 15. The first-order valence-electron chi connectivity index (χ1n) is 18.6. The average molecular weight is 697 g/mol. The topological polar surface area (TPSA) is 108 Å². The normalized spacial score (nSPS) is 15.8. The van der Waals surface area contributed by atoms with E-state index in [1.807, 2.05) is 80.6 Å². The monoisotopic (exact) mass is 696 g/mol. The summed E-state index contributed by atoms with van der Waals surface area (Å²) in [6, 6.07) is 24.0. The third-order valence-electron chi connectivity index (χ3n) is 10.7. The number of amides is 3. The largest absolute Gasteiger partial charge is 0.465 e. The predicted octanol–water partition coefficient (Wildman–Crippen LogP) is 6.46. The molecule has 2 saturated heterocycles.